The van der Waals surface area contributed by atoms with Crippen LogP contribution in [0, 0.1) is 0 Å². The molecular weight excluding hydrogens is 188 g/mol. The van der Waals surface area contributed by atoms with Crippen molar-refractivity contribution in [2.75, 3.05) is 12.4 Å². The van der Waals surface area contributed by atoms with Gasteiger partial charge in [0.25, 0.3) is 0 Å². The van der Waals surface area contributed by atoms with E-state index in [2.05, 4.69) is 10.3 Å². The third kappa shape index (κ3) is 1.81. The number of fused-ring (bicyclic) bond motifs is 1. The van der Waals surface area contributed by atoms with Crippen molar-refractivity contribution in [1.82, 2.24) is 4.98 Å². The molecule has 0 bridgehead atoms. The van der Waals surface area contributed by atoms with E-state index in [1.165, 1.54) is 0 Å². The molecule has 0 saturated heterocycles. The maximum absolute atomic E-state index is 11.2. The van der Waals surface area contributed by atoms with Crippen LogP contribution in [0.2, 0.25) is 0 Å². The number of Topliss-reactive ketones (excluding diaryl/α,β-unsaturated/α-hetero) is 1. The topological polar surface area (TPSA) is 42.0 Å². The van der Waals surface area contributed by atoms with E-state index in [1.54, 1.807) is 13.1 Å². The average molecular weight is 200 g/mol. The molecule has 0 saturated carbocycles. The fourth-order valence-electron chi connectivity index (χ4n) is 1.50. The number of aromatic nitrogens is 1. The van der Waals surface area contributed by atoms with Crippen LogP contribution in [0.4, 0.5) is 5.82 Å². The molecule has 3 heteroatoms. The Morgan fingerprint density at radius 1 is 1.27 bits per heavy atom. The van der Waals surface area contributed by atoms with Crippen molar-refractivity contribution in [3.63, 3.8) is 0 Å². The van der Waals surface area contributed by atoms with E-state index >= 15 is 0 Å². The van der Waals surface area contributed by atoms with E-state index in [0.717, 1.165) is 22.2 Å². The molecule has 0 fully saturated rings. The van der Waals surface area contributed by atoms with Crippen molar-refractivity contribution in [2.24, 2.45) is 0 Å². The number of hydrogen-bond acceptors (Lipinski definition) is 3. The number of nitrogens with zero attached hydrogens (tertiary/aromatic N) is 1. The SMILES string of the molecule is CNc1cc2cc(C(C)=O)ccc2cn1. The third-order valence-electron chi connectivity index (χ3n) is 2.38. The van der Waals surface area contributed by atoms with Crippen LogP contribution in [0.1, 0.15) is 17.3 Å². The first kappa shape index (κ1) is 9.65. The van der Waals surface area contributed by atoms with Crippen LogP contribution < -0.4 is 5.32 Å². The van der Waals surface area contributed by atoms with Gasteiger partial charge in [-0.05, 0) is 24.4 Å². The molecule has 0 radical (unpaired) electrons. The lowest BCUT2D eigenvalue weighted by atomic mass is 10.1. The normalized spacial score (nSPS) is 10.3. The van der Waals surface area contributed by atoms with E-state index in [1.807, 2.05) is 31.3 Å². The highest BCUT2D eigenvalue weighted by molar-refractivity contribution is 5.98. The van der Waals surface area contributed by atoms with Crippen molar-refractivity contribution in [3.05, 3.63) is 36.0 Å². The molecule has 1 aromatic heterocycles. The highest BCUT2D eigenvalue weighted by Crippen LogP contribution is 2.18. The van der Waals surface area contributed by atoms with Gasteiger partial charge in [-0.15, -0.1) is 0 Å². The second-order valence-corrected chi connectivity index (χ2v) is 3.44. The Morgan fingerprint density at radius 3 is 2.73 bits per heavy atom. The molecule has 0 atom stereocenters. The molecule has 1 heterocycles. The minimum Gasteiger partial charge on any atom is -0.373 e. The summed E-state index contributed by atoms with van der Waals surface area (Å²) in [6.07, 6.45) is 1.80. The highest BCUT2D eigenvalue weighted by atomic mass is 16.1. The Labute approximate surface area is 88.1 Å². The Kier molecular flexibility index (Phi) is 2.37. The largest absolute Gasteiger partial charge is 0.373 e. The zero-order chi connectivity index (χ0) is 10.8. The molecule has 2 rings (SSSR count). The first-order valence-corrected chi connectivity index (χ1v) is 4.79. The van der Waals surface area contributed by atoms with E-state index in [9.17, 15) is 4.79 Å². The monoisotopic (exact) mass is 200 g/mol. The molecular formula is C12H12N2O. The number of nitrogens with one attached hydrogen (secondary N) is 1. The summed E-state index contributed by atoms with van der Waals surface area (Å²) in [6.45, 7) is 1.57. The summed E-state index contributed by atoms with van der Waals surface area (Å²) < 4.78 is 0. The minimum atomic E-state index is 0.0831. The second-order valence-electron chi connectivity index (χ2n) is 3.44. The predicted molar refractivity (Wildman–Crippen MR) is 61.3 cm³/mol. The summed E-state index contributed by atoms with van der Waals surface area (Å²) in [4.78, 5) is 15.4. The molecule has 0 spiro atoms. The highest BCUT2D eigenvalue weighted by Gasteiger charge is 2.01. The quantitative estimate of drug-likeness (QED) is 0.757. The maximum atomic E-state index is 11.2. The molecule has 0 aliphatic carbocycles. The molecule has 2 aromatic rings. The van der Waals surface area contributed by atoms with Crippen LogP contribution in [0.3, 0.4) is 0 Å². The van der Waals surface area contributed by atoms with Gasteiger partial charge in [0.1, 0.15) is 5.82 Å². The number of hydrogen-bond donors (Lipinski definition) is 1. The first-order valence-electron chi connectivity index (χ1n) is 4.79. The van der Waals surface area contributed by atoms with Gasteiger partial charge in [-0.1, -0.05) is 12.1 Å². The number of rotatable bonds is 2. The molecule has 1 aromatic carbocycles. The average Bonchev–Trinajstić information content (AvgIpc) is 2.27. The fourth-order valence-corrected chi connectivity index (χ4v) is 1.50. The molecule has 0 aliphatic heterocycles. The summed E-state index contributed by atoms with van der Waals surface area (Å²) >= 11 is 0. The third-order valence-corrected chi connectivity index (χ3v) is 2.38. The minimum absolute atomic E-state index is 0.0831. The number of pyridine rings is 1. The zero-order valence-corrected chi connectivity index (χ0v) is 8.74. The van der Waals surface area contributed by atoms with Crippen LogP contribution in [0.5, 0.6) is 0 Å². The molecule has 15 heavy (non-hydrogen) atoms. The summed E-state index contributed by atoms with van der Waals surface area (Å²) in [5, 5.41) is 5.04. The fraction of sp³-hybridized carbons (Fsp3) is 0.167. The van der Waals surface area contributed by atoms with Crippen LogP contribution in [-0.4, -0.2) is 17.8 Å². The summed E-state index contributed by atoms with van der Waals surface area (Å²) in [5.74, 6) is 0.892. The van der Waals surface area contributed by atoms with Crippen LogP contribution in [-0.2, 0) is 0 Å². The van der Waals surface area contributed by atoms with E-state index in [4.69, 9.17) is 0 Å². The lowest BCUT2D eigenvalue weighted by Gasteiger charge is -2.03. The van der Waals surface area contributed by atoms with Crippen LogP contribution in [0.25, 0.3) is 10.8 Å². The van der Waals surface area contributed by atoms with Gasteiger partial charge in [-0.25, -0.2) is 4.98 Å². The van der Waals surface area contributed by atoms with Gasteiger partial charge < -0.3 is 5.32 Å². The molecule has 0 unspecified atom stereocenters. The molecule has 1 N–H and O–H groups in total. The van der Waals surface area contributed by atoms with Crippen LogP contribution >= 0.6 is 0 Å². The van der Waals surface area contributed by atoms with E-state index in [-0.39, 0.29) is 5.78 Å². The van der Waals surface area contributed by atoms with Crippen molar-refractivity contribution < 1.29 is 4.79 Å². The first-order chi connectivity index (χ1) is 7.20. The lowest BCUT2D eigenvalue weighted by Crippen LogP contribution is -1.94. The van der Waals surface area contributed by atoms with Gasteiger partial charge in [0.2, 0.25) is 0 Å². The Morgan fingerprint density at radius 2 is 2.07 bits per heavy atom. The van der Waals surface area contributed by atoms with E-state index in [0.29, 0.717) is 0 Å². The number of carbonyl (C=O) groups is 1. The molecule has 76 valence electrons. The smallest absolute Gasteiger partial charge is 0.159 e. The van der Waals surface area contributed by atoms with Crippen LogP contribution in [0.15, 0.2) is 30.5 Å². The summed E-state index contributed by atoms with van der Waals surface area (Å²) in [7, 11) is 1.82. The van der Waals surface area contributed by atoms with Gasteiger partial charge >= 0.3 is 0 Å². The van der Waals surface area contributed by atoms with Gasteiger partial charge in [-0.3, -0.25) is 4.79 Å². The molecule has 0 amide bonds. The Balaban J connectivity index is 2.62. The Bertz CT molecular complexity index is 520. The number of carbonyl (C=O) groups excluding carboxylic acids is 1. The Hall–Kier alpha value is -1.90. The summed E-state index contributed by atoms with van der Waals surface area (Å²) in [6, 6.07) is 7.56. The van der Waals surface area contributed by atoms with Gasteiger partial charge in [0.15, 0.2) is 5.78 Å². The lowest BCUT2D eigenvalue weighted by molar-refractivity contribution is 0.101. The number of ketones is 1. The van der Waals surface area contributed by atoms with Gasteiger partial charge in [0, 0.05) is 24.2 Å². The molecule has 3 nitrogen and oxygen atoms in total. The second kappa shape index (κ2) is 3.69. The van der Waals surface area contributed by atoms with Crippen molar-refractivity contribution in [3.8, 4) is 0 Å². The van der Waals surface area contributed by atoms with Crippen molar-refractivity contribution >= 4 is 22.4 Å². The van der Waals surface area contributed by atoms with Crippen molar-refractivity contribution in [2.45, 2.75) is 6.92 Å². The van der Waals surface area contributed by atoms with Gasteiger partial charge in [-0.2, -0.15) is 0 Å². The maximum Gasteiger partial charge on any atom is 0.159 e. The predicted octanol–water partition coefficient (Wildman–Crippen LogP) is 2.48. The standard InChI is InChI=1S/C12H12N2O/c1-8(15)9-3-4-10-7-14-12(13-2)6-11(10)5-9/h3-7H,1-2H3,(H,13,14). The van der Waals surface area contributed by atoms with Gasteiger partial charge in [0.05, 0.1) is 0 Å². The molecule has 0 aliphatic rings. The zero-order valence-electron chi connectivity index (χ0n) is 8.74. The summed E-state index contributed by atoms with van der Waals surface area (Å²) in [5.41, 5.74) is 0.732. The van der Waals surface area contributed by atoms with Crippen molar-refractivity contribution in [1.29, 1.82) is 0 Å². The number of anilines is 1. The number of benzene rings is 1. The van der Waals surface area contributed by atoms with E-state index < -0.39 is 0 Å².